The van der Waals surface area contributed by atoms with Gasteiger partial charge in [0, 0.05) is 12.1 Å². The monoisotopic (exact) mass is 192 g/mol. The van der Waals surface area contributed by atoms with Gasteiger partial charge < -0.3 is 16.6 Å². The molecule has 1 rings (SSSR count). The highest BCUT2D eigenvalue weighted by atomic mass is 35.5. The Bertz CT molecular complexity index is 129. The van der Waals surface area contributed by atoms with Crippen LogP contribution >= 0.6 is 11.6 Å². The van der Waals surface area contributed by atoms with Crippen molar-refractivity contribution in [1.82, 2.24) is 0 Å². The fraction of sp³-hybridized carbons (Fsp3) is 1.00. The van der Waals surface area contributed by atoms with E-state index in [2.05, 4.69) is 0 Å². The van der Waals surface area contributed by atoms with E-state index in [1.807, 2.05) is 0 Å². The molecule has 0 spiro atoms. The summed E-state index contributed by atoms with van der Waals surface area (Å²) in [5.74, 6) is 0. The van der Waals surface area contributed by atoms with E-state index in [4.69, 9.17) is 23.1 Å². The molecule has 0 radical (unpaired) electrons. The van der Waals surface area contributed by atoms with Crippen molar-refractivity contribution in [3.63, 3.8) is 0 Å². The lowest BCUT2D eigenvalue weighted by Crippen LogP contribution is -2.49. The Morgan fingerprint density at radius 3 is 2.17 bits per heavy atom. The first-order chi connectivity index (χ1) is 5.63. The molecule has 4 atom stereocenters. The molecule has 0 unspecified atom stereocenters. The van der Waals surface area contributed by atoms with E-state index in [1.54, 1.807) is 0 Å². The van der Waals surface area contributed by atoms with Gasteiger partial charge in [0.1, 0.15) is 0 Å². The molecule has 0 aromatic heterocycles. The van der Waals surface area contributed by atoms with Crippen LogP contribution in [0.2, 0.25) is 0 Å². The lowest BCUT2D eigenvalue weighted by atomic mass is 9.92. The number of nitrogens with two attached hydrogens (primary N) is 2. The second kappa shape index (κ2) is 4.42. The molecule has 0 aliphatic heterocycles. The maximum atomic E-state index is 9.58. The summed E-state index contributed by atoms with van der Waals surface area (Å²) in [6.07, 6.45) is 3.18. The van der Waals surface area contributed by atoms with Gasteiger partial charge in [-0.05, 0) is 12.8 Å². The van der Waals surface area contributed by atoms with Crippen molar-refractivity contribution in [3.8, 4) is 0 Å². The van der Waals surface area contributed by atoms with Crippen molar-refractivity contribution in [2.75, 3.05) is 0 Å². The molecule has 1 fully saturated rings. The maximum Gasteiger partial charge on any atom is 0.0869 e. The van der Waals surface area contributed by atoms with Gasteiger partial charge in [0.25, 0.3) is 0 Å². The van der Waals surface area contributed by atoms with Crippen LogP contribution in [0.25, 0.3) is 0 Å². The largest absolute Gasteiger partial charge is 0.390 e. The predicted octanol–water partition coefficient (Wildman–Crippen LogP) is 0.183. The van der Waals surface area contributed by atoms with Crippen LogP contribution in [0.4, 0.5) is 0 Å². The van der Waals surface area contributed by atoms with E-state index >= 15 is 0 Å². The van der Waals surface area contributed by atoms with Crippen LogP contribution in [0.3, 0.4) is 0 Å². The van der Waals surface area contributed by atoms with Crippen LogP contribution in [0.5, 0.6) is 0 Å². The number of hydrogen-bond donors (Lipinski definition) is 3. The molecule has 1 saturated carbocycles. The first-order valence-corrected chi connectivity index (χ1v) is 4.90. The third-order valence-corrected chi connectivity index (χ3v) is 3.08. The summed E-state index contributed by atoms with van der Waals surface area (Å²) in [5.41, 5.74) is 11.5. The van der Waals surface area contributed by atoms with Gasteiger partial charge >= 0.3 is 0 Å². The molecule has 12 heavy (non-hydrogen) atoms. The Balaban J connectivity index is 2.55. The van der Waals surface area contributed by atoms with E-state index in [0.717, 1.165) is 25.7 Å². The van der Waals surface area contributed by atoms with Crippen molar-refractivity contribution in [3.05, 3.63) is 0 Å². The van der Waals surface area contributed by atoms with Crippen molar-refractivity contribution in [1.29, 1.82) is 0 Å². The van der Waals surface area contributed by atoms with Gasteiger partial charge in [-0.3, -0.25) is 0 Å². The lowest BCUT2D eigenvalue weighted by molar-refractivity contribution is 0.118. The summed E-state index contributed by atoms with van der Waals surface area (Å²) in [4.78, 5) is 0. The summed E-state index contributed by atoms with van der Waals surface area (Å²) < 4.78 is 0. The van der Waals surface area contributed by atoms with E-state index in [9.17, 15) is 5.11 Å². The highest BCUT2D eigenvalue weighted by molar-refractivity contribution is 6.21. The quantitative estimate of drug-likeness (QED) is 0.480. The maximum absolute atomic E-state index is 9.58. The van der Waals surface area contributed by atoms with Crippen molar-refractivity contribution in [2.24, 2.45) is 11.5 Å². The molecule has 0 bridgehead atoms. The second-order valence-electron chi connectivity index (χ2n) is 3.55. The fourth-order valence-electron chi connectivity index (χ4n) is 1.58. The van der Waals surface area contributed by atoms with Crippen molar-refractivity contribution < 1.29 is 5.11 Å². The van der Waals surface area contributed by atoms with E-state index in [1.165, 1.54) is 0 Å². The molecule has 4 heteroatoms. The predicted molar refractivity (Wildman–Crippen MR) is 50.1 cm³/mol. The normalized spacial score (nSPS) is 45.0. The first-order valence-electron chi connectivity index (χ1n) is 4.46. The summed E-state index contributed by atoms with van der Waals surface area (Å²) in [7, 11) is 0. The summed E-state index contributed by atoms with van der Waals surface area (Å²) in [6, 6.07) is -0.327. The smallest absolute Gasteiger partial charge is 0.0869 e. The highest BCUT2D eigenvalue weighted by Gasteiger charge is 2.29. The molecule has 3 nitrogen and oxygen atoms in total. The number of aliphatic hydroxyl groups is 1. The number of alkyl halides is 1. The summed E-state index contributed by atoms with van der Waals surface area (Å²) in [5, 5.41) is 9.20. The standard InChI is InChI=1S/C8H17ClN2O/c9-7-5(10)3-1-2-4-6(11)8(7)12/h5-8,12H,1-4,10-11H2/t5-,6+,7-,8-/m0/s1. The Labute approximate surface area is 78.1 Å². The fourth-order valence-corrected chi connectivity index (χ4v) is 1.89. The minimum atomic E-state index is -0.651. The molecule has 0 amide bonds. The van der Waals surface area contributed by atoms with Crippen LogP contribution in [-0.4, -0.2) is 28.7 Å². The van der Waals surface area contributed by atoms with E-state index in [0.29, 0.717) is 0 Å². The van der Waals surface area contributed by atoms with E-state index in [-0.39, 0.29) is 17.5 Å². The van der Waals surface area contributed by atoms with Crippen molar-refractivity contribution >= 4 is 11.6 Å². The Hall–Kier alpha value is 0.170. The molecule has 5 N–H and O–H groups in total. The molecule has 0 aromatic rings. The van der Waals surface area contributed by atoms with Crippen LogP contribution in [0.15, 0.2) is 0 Å². The Morgan fingerprint density at radius 1 is 1.08 bits per heavy atom. The molecule has 0 heterocycles. The molecule has 1 aliphatic carbocycles. The van der Waals surface area contributed by atoms with Crippen molar-refractivity contribution in [2.45, 2.75) is 49.2 Å². The van der Waals surface area contributed by atoms with Gasteiger partial charge in [-0.25, -0.2) is 0 Å². The Morgan fingerprint density at radius 2 is 1.58 bits per heavy atom. The zero-order valence-electron chi connectivity index (χ0n) is 7.12. The SMILES string of the molecule is N[C@@H]1CCCC[C@H](N)[C@H](Cl)[C@H]1O. The van der Waals surface area contributed by atoms with E-state index < -0.39 is 6.10 Å². The number of aliphatic hydroxyl groups excluding tert-OH is 1. The molecule has 0 saturated heterocycles. The van der Waals surface area contributed by atoms with Gasteiger partial charge in [-0.15, -0.1) is 11.6 Å². The van der Waals surface area contributed by atoms with Gasteiger partial charge in [0.2, 0.25) is 0 Å². The lowest BCUT2D eigenvalue weighted by Gasteiger charge is -2.29. The summed E-state index contributed by atoms with van der Waals surface area (Å²) in [6.45, 7) is 0. The Kier molecular flexibility index (Phi) is 3.77. The minimum absolute atomic E-state index is 0.118. The van der Waals surface area contributed by atoms with Gasteiger partial charge in [-0.2, -0.15) is 0 Å². The van der Waals surface area contributed by atoms with Gasteiger partial charge in [-0.1, -0.05) is 12.8 Å². The molecule has 0 aromatic carbocycles. The third-order valence-electron chi connectivity index (χ3n) is 2.50. The topological polar surface area (TPSA) is 72.3 Å². The zero-order valence-corrected chi connectivity index (χ0v) is 7.87. The average Bonchev–Trinajstić information content (AvgIpc) is 2.07. The third kappa shape index (κ3) is 2.33. The molecular formula is C8H17ClN2O. The molecule has 72 valence electrons. The average molecular weight is 193 g/mol. The van der Waals surface area contributed by atoms with Gasteiger partial charge in [0.05, 0.1) is 11.5 Å². The van der Waals surface area contributed by atoms with Crippen LogP contribution in [-0.2, 0) is 0 Å². The number of halogens is 1. The molecule has 1 aliphatic rings. The highest BCUT2D eigenvalue weighted by Crippen LogP contribution is 2.20. The molecular weight excluding hydrogens is 176 g/mol. The second-order valence-corrected chi connectivity index (χ2v) is 4.05. The summed E-state index contributed by atoms with van der Waals surface area (Å²) >= 11 is 5.93. The minimum Gasteiger partial charge on any atom is -0.390 e. The zero-order chi connectivity index (χ0) is 9.14. The number of hydrogen-bond acceptors (Lipinski definition) is 3. The van der Waals surface area contributed by atoms with Crippen LogP contribution in [0.1, 0.15) is 25.7 Å². The van der Waals surface area contributed by atoms with Crippen LogP contribution < -0.4 is 11.5 Å². The first kappa shape index (κ1) is 10.3. The number of rotatable bonds is 0. The van der Waals surface area contributed by atoms with Gasteiger partial charge in [0.15, 0.2) is 0 Å². The van der Waals surface area contributed by atoms with Crippen LogP contribution in [0, 0.1) is 0 Å².